The molecule has 142 valence electrons. The summed E-state index contributed by atoms with van der Waals surface area (Å²) in [5.74, 6) is 0.240. The Bertz CT molecular complexity index is 756. The average Bonchev–Trinajstić information content (AvgIpc) is 3.20. The minimum Gasteiger partial charge on any atom is -0.491 e. The predicted octanol–water partition coefficient (Wildman–Crippen LogP) is 2.96. The van der Waals surface area contributed by atoms with Crippen LogP contribution in [0.15, 0.2) is 54.6 Å². The molecule has 1 atom stereocenters. The van der Waals surface area contributed by atoms with Crippen molar-refractivity contribution in [2.45, 2.75) is 18.9 Å². The first-order chi connectivity index (χ1) is 13.1. The fraction of sp³-hybridized carbons (Fsp3) is 0.333. The second kappa shape index (κ2) is 9.19. The number of rotatable bonds is 7. The molecular weight excluding hydrogens is 344 g/mol. The molecular formula is C21H24N2O4. The molecule has 0 saturated carbocycles. The van der Waals surface area contributed by atoms with Gasteiger partial charge < -0.3 is 19.7 Å². The van der Waals surface area contributed by atoms with Crippen LogP contribution in [0.4, 0.5) is 5.69 Å². The fourth-order valence-electron chi connectivity index (χ4n) is 2.89. The number of carbonyl (C=O) groups is 2. The van der Waals surface area contributed by atoms with Crippen LogP contribution in [0.5, 0.6) is 5.75 Å². The van der Waals surface area contributed by atoms with E-state index in [1.165, 1.54) is 4.90 Å². The summed E-state index contributed by atoms with van der Waals surface area (Å²) < 4.78 is 11.2. The molecule has 6 heteroatoms. The molecule has 1 aliphatic heterocycles. The zero-order valence-corrected chi connectivity index (χ0v) is 15.4. The van der Waals surface area contributed by atoms with E-state index in [0.717, 1.165) is 19.4 Å². The number of carbonyl (C=O) groups excluding carboxylic acids is 2. The van der Waals surface area contributed by atoms with Crippen molar-refractivity contribution in [1.29, 1.82) is 0 Å². The molecule has 2 aromatic carbocycles. The van der Waals surface area contributed by atoms with E-state index in [1.54, 1.807) is 43.4 Å². The molecule has 2 amide bonds. The Morgan fingerprint density at radius 1 is 1.15 bits per heavy atom. The molecule has 0 bridgehead atoms. The van der Waals surface area contributed by atoms with Crippen LogP contribution in [0, 0.1) is 0 Å². The van der Waals surface area contributed by atoms with E-state index in [2.05, 4.69) is 5.32 Å². The molecule has 6 nitrogen and oxygen atoms in total. The number of amides is 2. The summed E-state index contributed by atoms with van der Waals surface area (Å²) in [6.07, 6.45) is 2.25. The smallest absolute Gasteiger partial charge is 0.254 e. The van der Waals surface area contributed by atoms with Crippen molar-refractivity contribution in [3.63, 3.8) is 0 Å². The zero-order valence-electron chi connectivity index (χ0n) is 15.4. The summed E-state index contributed by atoms with van der Waals surface area (Å²) in [7, 11) is 1.61. The molecule has 1 saturated heterocycles. The topological polar surface area (TPSA) is 67.9 Å². The molecule has 0 aromatic heterocycles. The third-order valence-corrected chi connectivity index (χ3v) is 4.35. The van der Waals surface area contributed by atoms with Crippen molar-refractivity contribution >= 4 is 17.5 Å². The highest BCUT2D eigenvalue weighted by Crippen LogP contribution is 2.17. The highest BCUT2D eigenvalue weighted by atomic mass is 16.5. The van der Waals surface area contributed by atoms with Crippen molar-refractivity contribution in [3.8, 4) is 5.75 Å². The van der Waals surface area contributed by atoms with Gasteiger partial charge in [0.2, 0.25) is 5.91 Å². The summed E-state index contributed by atoms with van der Waals surface area (Å²) in [5, 5.41) is 2.77. The molecule has 1 fully saturated rings. The van der Waals surface area contributed by atoms with Crippen LogP contribution < -0.4 is 10.1 Å². The molecule has 1 N–H and O–H groups in total. The SMILES string of the molecule is CN(CC(=O)Nc1ccccc1)C(=O)c1ccc(OCC2CCCO2)cc1. The van der Waals surface area contributed by atoms with Crippen LogP contribution in [0.25, 0.3) is 0 Å². The lowest BCUT2D eigenvalue weighted by atomic mass is 10.2. The van der Waals surface area contributed by atoms with E-state index < -0.39 is 0 Å². The lowest BCUT2D eigenvalue weighted by Gasteiger charge is -2.17. The third-order valence-electron chi connectivity index (χ3n) is 4.35. The molecule has 3 rings (SSSR count). The summed E-state index contributed by atoms with van der Waals surface area (Å²) in [6.45, 7) is 1.30. The molecule has 27 heavy (non-hydrogen) atoms. The maximum absolute atomic E-state index is 12.5. The number of benzene rings is 2. The Kier molecular flexibility index (Phi) is 6.44. The number of ether oxygens (including phenoxy) is 2. The molecule has 2 aromatic rings. The quantitative estimate of drug-likeness (QED) is 0.816. The van der Waals surface area contributed by atoms with Crippen molar-refractivity contribution in [2.24, 2.45) is 0 Å². The fourth-order valence-corrected chi connectivity index (χ4v) is 2.89. The second-order valence-corrected chi connectivity index (χ2v) is 6.55. The Balaban J connectivity index is 1.49. The van der Waals surface area contributed by atoms with Gasteiger partial charge in [-0.3, -0.25) is 9.59 Å². The summed E-state index contributed by atoms with van der Waals surface area (Å²) in [5.41, 5.74) is 1.21. The van der Waals surface area contributed by atoms with Gasteiger partial charge in [-0.05, 0) is 49.2 Å². The van der Waals surface area contributed by atoms with Crippen molar-refractivity contribution < 1.29 is 19.1 Å². The third kappa shape index (κ3) is 5.56. The minimum atomic E-state index is -0.242. The first kappa shape index (κ1) is 18.9. The van der Waals surface area contributed by atoms with E-state index >= 15 is 0 Å². The van der Waals surface area contributed by atoms with Crippen LogP contribution in [-0.2, 0) is 9.53 Å². The largest absolute Gasteiger partial charge is 0.491 e. The summed E-state index contributed by atoms with van der Waals surface area (Å²) in [4.78, 5) is 26.0. The Morgan fingerprint density at radius 2 is 1.89 bits per heavy atom. The van der Waals surface area contributed by atoms with E-state index in [4.69, 9.17) is 9.47 Å². The Morgan fingerprint density at radius 3 is 2.56 bits per heavy atom. The first-order valence-electron chi connectivity index (χ1n) is 9.06. The van der Waals surface area contributed by atoms with Crippen LogP contribution in [0.2, 0.25) is 0 Å². The number of hydrogen-bond donors (Lipinski definition) is 1. The van der Waals surface area contributed by atoms with E-state index in [0.29, 0.717) is 23.6 Å². The van der Waals surface area contributed by atoms with Gasteiger partial charge in [0.05, 0.1) is 12.6 Å². The molecule has 1 unspecified atom stereocenters. The zero-order chi connectivity index (χ0) is 19.1. The minimum absolute atomic E-state index is 0.0228. The molecule has 1 heterocycles. The number of nitrogens with one attached hydrogen (secondary N) is 1. The van der Waals surface area contributed by atoms with Crippen LogP contribution in [-0.4, -0.2) is 49.6 Å². The van der Waals surface area contributed by atoms with Crippen molar-refractivity contribution in [2.75, 3.05) is 32.1 Å². The predicted molar refractivity (Wildman–Crippen MR) is 103 cm³/mol. The van der Waals surface area contributed by atoms with E-state index in [9.17, 15) is 9.59 Å². The van der Waals surface area contributed by atoms with Crippen molar-refractivity contribution in [1.82, 2.24) is 4.90 Å². The highest BCUT2D eigenvalue weighted by molar-refractivity contribution is 5.99. The van der Waals surface area contributed by atoms with Crippen LogP contribution in [0.1, 0.15) is 23.2 Å². The monoisotopic (exact) mass is 368 g/mol. The Hall–Kier alpha value is -2.86. The van der Waals surface area contributed by atoms with Gasteiger partial charge in [-0.25, -0.2) is 0 Å². The van der Waals surface area contributed by atoms with Gasteiger partial charge in [0, 0.05) is 24.9 Å². The molecule has 0 radical (unpaired) electrons. The second-order valence-electron chi connectivity index (χ2n) is 6.55. The van der Waals surface area contributed by atoms with Gasteiger partial charge in [-0.15, -0.1) is 0 Å². The van der Waals surface area contributed by atoms with Crippen LogP contribution in [0.3, 0.4) is 0 Å². The van der Waals surface area contributed by atoms with E-state index in [1.807, 2.05) is 18.2 Å². The summed E-state index contributed by atoms with van der Waals surface area (Å²) >= 11 is 0. The number of anilines is 1. The average molecular weight is 368 g/mol. The lowest BCUT2D eigenvalue weighted by molar-refractivity contribution is -0.116. The maximum atomic E-state index is 12.5. The standard InChI is InChI=1S/C21H24N2O4/c1-23(14-20(24)22-17-6-3-2-4-7-17)21(25)16-9-11-18(12-10-16)27-15-19-8-5-13-26-19/h2-4,6-7,9-12,19H,5,8,13-15H2,1H3,(H,22,24). The van der Waals surface area contributed by atoms with Crippen molar-refractivity contribution in [3.05, 3.63) is 60.2 Å². The molecule has 0 spiro atoms. The van der Waals surface area contributed by atoms with E-state index in [-0.39, 0.29) is 24.5 Å². The van der Waals surface area contributed by atoms with Gasteiger partial charge in [0.1, 0.15) is 12.4 Å². The van der Waals surface area contributed by atoms with Gasteiger partial charge in [-0.1, -0.05) is 18.2 Å². The molecule has 1 aliphatic rings. The van der Waals surface area contributed by atoms with Gasteiger partial charge in [-0.2, -0.15) is 0 Å². The number of hydrogen-bond acceptors (Lipinski definition) is 4. The number of likely N-dealkylation sites (N-methyl/N-ethyl adjacent to an activating group) is 1. The Labute approximate surface area is 159 Å². The van der Waals surface area contributed by atoms with Gasteiger partial charge in [0.15, 0.2) is 0 Å². The maximum Gasteiger partial charge on any atom is 0.254 e. The van der Waals surface area contributed by atoms with Crippen LogP contribution >= 0.6 is 0 Å². The number of para-hydroxylation sites is 1. The number of nitrogens with zero attached hydrogens (tertiary/aromatic N) is 1. The normalized spacial score (nSPS) is 16.0. The first-order valence-corrected chi connectivity index (χ1v) is 9.06. The molecule has 0 aliphatic carbocycles. The lowest BCUT2D eigenvalue weighted by Crippen LogP contribution is -2.34. The summed E-state index contributed by atoms with van der Waals surface area (Å²) in [6, 6.07) is 16.1. The highest BCUT2D eigenvalue weighted by Gasteiger charge is 2.17. The van der Waals surface area contributed by atoms with Gasteiger partial charge in [0.25, 0.3) is 5.91 Å². The van der Waals surface area contributed by atoms with Gasteiger partial charge >= 0.3 is 0 Å².